The number of carbonyl (C=O) groups is 1. The maximum Gasteiger partial charge on any atom is 0.220 e. The third kappa shape index (κ3) is 5.22. The molecule has 10 heteroatoms. The number of nitrogen functional groups attached to an aromatic ring is 1. The predicted molar refractivity (Wildman–Crippen MR) is 145 cm³/mol. The average molecular weight is 522 g/mol. The van der Waals surface area contributed by atoms with Crippen LogP contribution in [0.25, 0.3) is 0 Å². The number of thiazole rings is 1. The number of ketones is 1. The number of nitrogens with zero attached hydrogens (tertiary/aromatic N) is 3. The van der Waals surface area contributed by atoms with Gasteiger partial charge >= 0.3 is 0 Å². The van der Waals surface area contributed by atoms with Gasteiger partial charge in [-0.2, -0.15) is 0 Å². The summed E-state index contributed by atoms with van der Waals surface area (Å²) in [6, 6.07) is 16.3. The second-order valence-corrected chi connectivity index (χ2v) is 10.5. The van der Waals surface area contributed by atoms with E-state index in [4.69, 9.17) is 19.9 Å². The molecule has 0 saturated carbocycles. The third-order valence-corrected chi connectivity index (χ3v) is 8.19. The second-order valence-electron chi connectivity index (χ2n) is 9.50. The molecular weight excluding hydrogens is 490 g/mol. The maximum atomic E-state index is 13.1. The van der Waals surface area contributed by atoms with E-state index < -0.39 is 6.10 Å². The van der Waals surface area contributed by atoms with E-state index in [2.05, 4.69) is 32.2 Å². The van der Waals surface area contributed by atoms with Crippen molar-refractivity contribution < 1.29 is 19.0 Å². The van der Waals surface area contributed by atoms with Gasteiger partial charge in [0.2, 0.25) is 5.78 Å². The number of nitrogens with one attached hydrogen (secondary N) is 1. The molecule has 2 fully saturated rings. The fourth-order valence-corrected chi connectivity index (χ4v) is 6.06. The largest absolute Gasteiger partial charge is 0.485 e. The van der Waals surface area contributed by atoms with E-state index in [1.807, 2.05) is 30.3 Å². The number of piperidine rings is 1. The number of hydrogen-bond donors (Lipinski definition) is 2. The highest BCUT2D eigenvalue weighted by Gasteiger charge is 2.31. The molecule has 1 unspecified atom stereocenters. The number of fused-ring (bicyclic) bond motifs is 1. The van der Waals surface area contributed by atoms with Gasteiger partial charge in [0, 0.05) is 43.6 Å². The van der Waals surface area contributed by atoms with Crippen LogP contribution in [0.5, 0.6) is 11.5 Å². The molecular formula is C27H31N5O4S. The van der Waals surface area contributed by atoms with Crippen molar-refractivity contribution in [1.29, 1.82) is 0 Å². The number of hydrogen-bond acceptors (Lipinski definition) is 10. The van der Waals surface area contributed by atoms with E-state index in [-0.39, 0.29) is 18.2 Å². The SMILES string of the molecule is Nc1nc(Nc2ccc(N3CCC(N4CCOCC4)CC3)cc2)sc1C(=O)C1COc2ccccc2O1. The van der Waals surface area contributed by atoms with Crippen LogP contribution >= 0.6 is 11.3 Å². The molecule has 2 aromatic carbocycles. The van der Waals surface area contributed by atoms with Crippen LogP contribution in [0.3, 0.4) is 0 Å². The Labute approximate surface area is 220 Å². The fraction of sp³-hybridized carbons (Fsp3) is 0.407. The Morgan fingerprint density at radius 2 is 1.73 bits per heavy atom. The van der Waals surface area contributed by atoms with Crippen LogP contribution in [0.4, 0.5) is 22.3 Å². The van der Waals surface area contributed by atoms with Crippen molar-refractivity contribution in [2.45, 2.75) is 25.0 Å². The summed E-state index contributed by atoms with van der Waals surface area (Å²) in [4.78, 5) is 22.9. The Kier molecular flexibility index (Phi) is 6.86. The molecule has 194 valence electrons. The summed E-state index contributed by atoms with van der Waals surface area (Å²) in [6.07, 6.45) is 1.60. The van der Waals surface area contributed by atoms with Crippen molar-refractivity contribution >= 4 is 39.4 Å². The topological polar surface area (TPSA) is 102 Å². The van der Waals surface area contributed by atoms with E-state index in [9.17, 15) is 4.79 Å². The number of Topliss-reactive ketones (excluding diaryl/α,β-unsaturated/α-hetero) is 1. The number of anilines is 4. The summed E-state index contributed by atoms with van der Waals surface area (Å²) in [5, 5.41) is 3.85. The van der Waals surface area contributed by atoms with Crippen molar-refractivity contribution in [2.75, 3.05) is 62.0 Å². The van der Waals surface area contributed by atoms with E-state index in [1.54, 1.807) is 6.07 Å². The Morgan fingerprint density at radius 1 is 1.00 bits per heavy atom. The minimum Gasteiger partial charge on any atom is -0.485 e. The molecule has 0 bridgehead atoms. The molecule has 37 heavy (non-hydrogen) atoms. The molecule has 1 aromatic heterocycles. The monoisotopic (exact) mass is 521 g/mol. The second kappa shape index (κ2) is 10.6. The quantitative estimate of drug-likeness (QED) is 0.469. The van der Waals surface area contributed by atoms with Gasteiger partial charge in [-0.05, 0) is 49.2 Å². The molecule has 0 aliphatic carbocycles. The van der Waals surface area contributed by atoms with Crippen LogP contribution in [0.1, 0.15) is 22.5 Å². The number of ether oxygens (including phenoxy) is 3. The van der Waals surface area contributed by atoms with E-state index in [1.165, 1.54) is 29.9 Å². The summed E-state index contributed by atoms with van der Waals surface area (Å²) in [5.41, 5.74) is 8.22. The zero-order valence-corrected chi connectivity index (χ0v) is 21.4. The van der Waals surface area contributed by atoms with Crippen molar-refractivity contribution in [2.24, 2.45) is 0 Å². The molecule has 0 amide bonds. The highest BCUT2D eigenvalue weighted by atomic mass is 32.1. The van der Waals surface area contributed by atoms with Gasteiger partial charge in [0.15, 0.2) is 22.7 Å². The first-order chi connectivity index (χ1) is 18.1. The minimum atomic E-state index is -0.753. The molecule has 3 aliphatic rings. The Bertz CT molecular complexity index is 1240. The number of para-hydroxylation sites is 2. The molecule has 2 saturated heterocycles. The molecule has 1 atom stereocenters. The lowest BCUT2D eigenvalue weighted by molar-refractivity contribution is 0.0115. The van der Waals surface area contributed by atoms with Gasteiger partial charge in [0.25, 0.3) is 0 Å². The number of benzene rings is 2. The number of nitrogens with two attached hydrogens (primary N) is 1. The van der Waals surface area contributed by atoms with Gasteiger partial charge in [-0.25, -0.2) is 4.98 Å². The molecule has 4 heterocycles. The van der Waals surface area contributed by atoms with Crippen LogP contribution in [0.2, 0.25) is 0 Å². The van der Waals surface area contributed by atoms with E-state index in [0.29, 0.717) is 27.5 Å². The first kappa shape index (κ1) is 24.0. The zero-order chi connectivity index (χ0) is 25.2. The van der Waals surface area contributed by atoms with Gasteiger partial charge in [-0.15, -0.1) is 0 Å². The number of aromatic nitrogens is 1. The van der Waals surface area contributed by atoms with Crippen molar-refractivity contribution in [1.82, 2.24) is 9.88 Å². The Balaban J connectivity index is 1.06. The molecule has 0 spiro atoms. The number of morpholine rings is 1. The molecule has 6 rings (SSSR count). The van der Waals surface area contributed by atoms with Crippen molar-refractivity contribution in [3.8, 4) is 11.5 Å². The van der Waals surface area contributed by atoms with E-state index >= 15 is 0 Å². The van der Waals surface area contributed by atoms with Gasteiger partial charge in [-0.1, -0.05) is 23.5 Å². The Hall–Kier alpha value is -3.34. The summed E-state index contributed by atoms with van der Waals surface area (Å²) >= 11 is 1.23. The normalized spacial score (nSPS) is 20.5. The molecule has 0 radical (unpaired) electrons. The number of rotatable bonds is 6. The summed E-state index contributed by atoms with van der Waals surface area (Å²) in [7, 11) is 0. The van der Waals surface area contributed by atoms with Crippen LogP contribution in [0.15, 0.2) is 48.5 Å². The average Bonchev–Trinajstić information content (AvgIpc) is 3.33. The van der Waals surface area contributed by atoms with E-state index in [0.717, 1.165) is 45.1 Å². The van der Waals surface area contributed by atoms with Crippen molar-refractivity contribution in [3.05, 3.63) is 53.4 Å². The molecule has 3 N–H and O–H groups in total. The predicted octanol–water partition coefficient (Wildman–Crippen LogP) is 3.79. The van der Waals surface area contributed by atoms with Gasteiger partial charge in [0.1, 0.15) is 17.3 Å². The van der Waals surface area contributed by atoms with Gasteiger partial charge < -0.3 is 30.2 Å². The van der Waals surface area contributed by atoms with Crippen LogP contribution in [-0.2, 0) is 4.74 Å². The first-order valence-electron chi connectivity index (χ1n) is 12.8. The lowest BCUT2D eigenvalue weighted by Gasteiger charge is -2.40. The van der Waals surface area contributed by atoms with Crippen LogP contribution < -0.4 is 25.4 Å². The van der Waals surface area contributed by atoms with Gasteiger partial charge in [-0.3, -0.25) is 9.69 Å². The standard InChI is InChI=1S/C27H31N5O4S/c28-26-25(24(33)23-17-35-21-3-1-2-4-22(21)36-23)37-27(30-26)29-18-5-7-19(8-6-18)31-11-9-20(10-12-31)32-13-15-34-16-14-32/h1-8,20,23H,9-17,28H2,(H,29,30). The highest BCUT2D eigenvalue weighted by Crippen LogP contribution is 2.34. The smallest absolute Gasteiger partial charge is 0.220 e. The van der Waals surface area contributed by atoms with Gasteiger partial charge in [0.05, 0.1) is 13.2 Å². The molecule has 3 aliphatic heterocycles. The van der Waals surface area contributed by atoms with Crippen LogP contribution in [-0.4, -0.2) is 73.8 Å². The first-order valence-corrected chi connectivity index (χ1v) is 13.6. The maximum absolute atomic E-state index is 13.1. The zero-order valence-electron chi connectivity index (χ0n) is 20.6. The summed E-state index contributed by atoms with van der Waals surface area (Å²) in [5.74, 6) is 1.16. The summed E-state index contributed by atoms with van der Waals surface area (Å²) in [6.45, 7) is 6.06. The Morgan fingerprint density at radius 3 is 2.49 bits per heavy atom. The van der Waals surface area contributed by atoms with Crippen LogP contribution in [0, 0.1) is 0 Å². The molecule has 3 aromatic rings. The number of carbonyl (C=O) groups excluding carboxylic acids is 1. The molecule has 9 nitrogen and oxygen atoms in total. The fourth-order valence-electron chi connectivity index (χ4n) is 5.17. The van der Waals surface area contributed by atoms with Crippen molar-refractivity contribution in [3.63, 3.8) is 0 Å². The lowest BCUT2D eigenvalue weighted by atomic mass is 10.0. The lowest BCUT2D eigenvalue weighted by Crippen LogP contribution is -2.49. The third-order valence-electron chi connectivity index (χ3n) is 7.19. The summed E-state index contributed by atoms with van der Waals surface area (Å²) < 4.78 is 17.0. The minimum absolute atomic E-state index is 0.140. The highest BCUT2D eigenvalue weighted by molar-refractivity contribution is 7.18.